The number of hydrogen-bond donors (Lipinski definition) is 2. The van der Waals surface area contributed by atoms with Crippen LogP contribution in [0.2, 0.25) is 0 Å². The number of hydrogen-bond acceptors (Lipinski definition) is 4. The molecule has 2 unspecified atom stereocenters. The summed E-state index contributed by atoms with van der Waals surface area (Å²) >= 11 is 0. The molecule has 2 aromatic carbocycles. The van der Waals surface area contributed by atoms with Gasteiger partial charge in [0.2, 0.25) is 5.91 Å². The zero-order valence-corrected chi connectivity index (χ0v) is 13.4. The minimum atomic E-state index is -0.0814. The molecule has 0 spiro atoms. The summed E-state index contributed by atoms with van der Waals surface area (Å²) in [5, 5.41) is 6.96. The summed E-state index contributed by atoms with van der Waals surface area (Å²) in [6.07, 6.45) is 0.0229. The molecule has 5 nitrogen and oxygen atoms in total. The quantitative estimate of drug-likeness (QED) is 0.893. The number of benzene rings is 2. The lowest BCUT2D eigenvalue weighted by Gasteiger charge is -2.13. The van der Waals surface area contributed by atoms with Crippen LogP contribution in [-0.2, 0) is 4.79 Å². The SMILES string of the molecule is COc1ccc(C2Nc3cc4c(cc3N2)N(C)C(=O)C4C)cc1. The van der Waals surface area contributed by atoms with Gasteiger partial charge < -0.3 is 20.3 Å². The molecule has 0 aliphatic carbocycles. The summed E-state index contributed by atoms with van der Waals surface area (Å²) in [7, 11) is 3.50. The number of fused-ring (bicyclic) bond motifs is 2. The number of nitrogens with one attached hydrogen (secondary N) is 2. The van der Waals surface area contributed by atoms with Gasteiger partial charge in [-0.25, -0.2) is 0 Å². The number of anilines is 3. The predicted octanol–water partition coefficient (Wildman–Crippen LogP) is 3.31. The van der Waals surface area contributed by atoms with Crippen LogP contribution < -0.4 is 20.3 Å². The molecule has 4 rings (SSSR count). The second-order valence-corrected chi connectivity index (χ2v) is 6.07. The average Bonchev–Trinajstić information content (AvgIpc) is 3.09. The fourth-order valence-corrected chi connectivity index (χ4v) is 3.33. The molecule has 0 saturated carbocycles. The van der Waals surface area contributed by atoms with E-state index in [1.165, 1.54) is 0 Å². The minimum Gasteiger partial charge on any atom is -0.497 e. The number of rotatable bonds is 2. The van der Waals surface area contributed by atoms with Crippen LogP contribution in [0.4, 0.5) is 17.1 Å². The molecule has 0 radical (unpaired) electrons. The van der Waals surface area contributed by atoms with E-state index >= 15 is 0 Å². The number of amides is 1. The van der Waals surface area contributed by atoms with Crippen molar-refractivity contribution in [2.24, 2.45) is 0 Å². The second-order valence-electron chi connectivity index (χ2n) is 6.07. The maximum absolute atomic E-state index is 12.1. The Morgan fingerprint density at radius 2 is 1.74 bits per heavy atom. The fraction of sp³-hybridized carbons (Fsp3) is 0.278. The molecule has 2 atom stereocenters. The van der Waals surface area contributed by atoms with Gasteiger partial charge in [0.1, 0.15) is 11.9 Å². The summed E-state index contributed by atoms with van der Waals surface area (Å²) in [6.45, 7) is 1.96. The monoisotopic (exact) mass is 309 g/mol. The van der Waals surface area contributed by atoms with Gasteiger partial charge in [-0.3, -0.25) is 4.79 Å². The largest absolute Gasteiger partial charge is 0.497 e. The van der Waals surface area contributed by atoms with Crippen LogP contribution in [0.5, 0.6) is 5.75 Å². The molecular weight excluding hydrogens is 290 g/mol. The highest BCUT2D eigenvalue weighted by atomic mass is 16.5. The third-order valence-corrected chi connectivity index (χ3v) is 4.74. The molecule has 23 heavy (non-hydrogen) atoms. The molecule has 0 saturated heterocycles. The van der Waals surface area contributed by atoms with Gasteiger partial charge in [-0.15, -0.1) is 0 Å². The van der Waals surface area contributed by atoms with E-state index in [-0.39, 0.29) is 18.0 Å². The third kappa shape index (κ3) is 2.04. The molecule has 2 heterocycles. The summed E-state index contributed by atoms with van der Waals surface area (Å²) in [6, 6.07) is 12.1. The summed E-state index contributed by atoms with van der Waals surface area (Å²) in [5.74, 6) is 0.912. The average molecular weight is 309 g/mol. The van der Waals surface area contributed by atoms with Crippen LogP contribution in [0.3, 0.4) is 0 Å². The Hall–Kier alpha value is -2.69. The molecule has 2 N–H and O–H groups in total. The number of nitrogens with zero attached hydrogens (tertiary/aromatic N) is 1. The summed E-state index contributed by atoms with van der Waals surface area (Å²) in [4.78, 5) is 13.8. The Labute approximate surface area is 135 Å². The molecule has 2 aliphatic heterocycles. The number of carbonyl (C=O) groups is 1. The first-order valence-electron chi connectivity index (χ1n) is 7.71. The molecule has 2 aliphatic rings. The van der Waals surface area contributed by atoms with E-state index < -0.39 is 0 Å². The van der Waals surface area contributed by atoms with Gasteiger partial charge >= 0.3 is 0 Å². The summed E-state index contributed by atoms with van der Waals surface area (Å²) < 4.78 is 5.20. The Morgan fingerprint density at radius 1 is 1.09 bits per heavy atom. The van der Waals surface area contributed by atoms with Crippen molar-refractivity contribution in [2.45, 2.75) is 19.0 Å². The zero-order chi connectivity index (χ0) is 16.1. The Kier molecular flexibility index (Phi) is 2.98. The molecule has 2 aromatic rings. The van der Waals surface area contributed by atoms with Gasteiger partial charge in [0, 0.05) is 12.7 Å². The van der Waals surface area contributed by atoms with Crippen LogP contribution in [0, 0.1) is 0 Å². The van der Waals surface area contributed by atoms with Crippen molar-refractivity contribution in [2.75, 3.05) is 29.7 Å². The van der Waals surface area contributed by atoms with Crippen LogP contribution in [0.25, 0.3) is 0 Å². The smallest absolute Gasteiger partial charge is 0.234 e. The summed E-state index contributed by atoms with van der Waals surface area (Å²) in [5.41, 5.74) is 5.28. The third-order valence-electron chi connectivity index (χ3n) is 4.74. The Morgan fingerprint density at radius 3 is 2.39 bits per heavy atom. The highest BCUT2D eigenvalue weighted by molar-refractivity contribution is 6.06. The topological polar surface area (TPSA) is 53.6 Å². The van der Waals surface area contributed by atoms with Crippen molar-refractivity contribution < 1.29 is 9.53 Å². The lowest BCUT2D eigenvalue weighted by molar-refractivity contribution is -0.118. The van der Waals surface area contributed by atoms with E-state index in [9.17, 15) is 4.79 Å². The van der Waals surface area contributed by atoms with Crippen LogP contribution in [0.1, 0.15) is 30.1 Å². The van der Waals surface area contributed by atoms with E-state index in [2.05, 4.69) is 22.8 Å². The molecule has 118 valence electrons. The Balaban J connectivity index is 1.65. The first-order valence-corrected chi connectivity index (χ1v) is 7.71. The molecular formula is C18H19N3O2. The van der Waals surface area contributed by atoms with Crippen molar-refractivity contribution in [1.82, 2.24) is 0 Å². The van der Waals surface area contributed by atoms with Gasteiger partial charge in [-0.05, 0) is 42.3 Å². The molecule has 0 aromatic heterocycles. The van der Waals surface area contributed by atoms with Crippen molar-refractivity contribution in [3.8, 4) is 5.75 Å². The molecule has 1 amide bonds. The van der Waals surface area contributed by atoms with Crippen LogP contribution in [-0.4, -0.2) is 20.1 Å². The minimum absolute atomic E-state index is 0.0229. The first-order chi connectivity index (χ1) is 11.1. The molecule has 0 bridgehead atoms. The number of carbonyl (C=O) groups excluding carboxylic acids is 1. The standard InChI is InChI=1S/C18H19N3O2/c1-10-13-8-14-15(9-16(13)21(2)18(10)22)20-17(19-14)11-4-6-12(23-3)7-5-11/h4-10,17,19-20H,1-3H3. The lowest BCUT2D eigenvalue weighted by atomic mass is 10.0. The molecule has 0 fully saturated rings. The van der Waals surface area contributed by atoms with Crippen molar-refractivity contribution >= 4 is 23.0 Å². The van der Waals surface area contributed by atoms with Crippen LogP contribution >= 0.6 is 0 Å². The number of ether oxygens (including phenoxy) is 1. The van der Waals surface area contributed by atoms with E-state index in [4.69, 9.17) is 4.74 Å². The Bertz CT molecular complexity index is 745. The second kappa shape index (κ2) is 4.91. The highest BCUT2D eigenvalue weighted by Gasteiger charge is 2.34. The van der Waals surface area contributed by atoms with Gasteiger partial charge in [0.15, 0.2) is 0 Å². The van der Waals surface area contributed by atoms with E-state index in [1.54, 1.807) is 12.0 Å². The molecule has 5 heteroatoms. The van der Waals surface area contributed by atoms with Gasteiger partial charge in [0.05, 0.1) is 24.4 Å². The maximum Gasteiger partial charge on any atom is 0.234 e. The van der Waals surface area contributed by atoms with E-state index in [1.807, 2.05) is 38.2 Å². The van der Waals surface area contributed by atoms with Crippen molar-refractivity contribution in [1.29, 1.82) is 0 Å². The van der Waals surface area contributed by atoms with Crippen molar-refractivity contribution in [3.05, 3.63) is 47.5 Å². The van der Waals surface area contributed by atoms with Gasteiger partial charge in [0.25, 0.3) is 0 Å². The zero-order valence-electron chi connectivity index (χ0n) is 13.4. The van der Waals surface area contributed by atoms with Crippen molar-refractivity contribution in [3.63, 3.8) is 0 Å². The number of methoxy groups -OCH3 is 1. The van der Waals surface area contributed by atoms with Gasteiger partial charge in [-0.2, -0.15) is 0 Å². The van der Waals surface area contributed by atoms with Gasteiger partial charge in [-0.1, -0.05) is 12.1 Å². The first kappa shape index (κ1) is 13.9. The highest BCUT2D eigenvalue weighted by Crippen LogP contribution is 2.45. The fourth-order valence-electron chi connectivity index (χ4n) is 3.33. The maximum atomic E-state index is 12.1. The number of likely N-dealkylation sites (N-methyl/N-ethyl adjacent to an activating group) is 1. The predicted molar refractivity (Wildman–Crippen MR) is 91.2 cm³/mol. The van der Waals surface area contributed by atoms with E-state index in [0.717, 1.165) is 33.9 Å². The lowest BCUT2D eigenvalue weighted by Crippen LogP contribution is -2.22. The normalized spacial score (nSPS) is 21.5. The van der Waals surface area contributed by atoms with Crippen LogP contribution in [0.15, 0.2) is 36.4 Å². The van der Waals surface area contributed by atoms with E-state index in [0.29, 0.717) is 0 Å².